The normalized spacial score (nSPS) is 10.8. The zero-order chi connectivity index (χ0) is 16.2. The van der Waals surface area contributed by atoms with Crippen molar-refractivity contribution in [1.29, 1.82) is 0 Å². The quantitative estimate of drug-likeness (QED) is 0.790. The summed E-state index contributed by atoms with van der Waals surface area (Å²) in [6.07, 6.45) is 1.28. The Morgan fingerprint density at radius 3 is 2.27 bits per heavy atom. The maximum Gasteiger partial charge on any atom is 0.264 e. The van der Waals surface area contributed by atoms with Crippen LogP contribution in [0.4, 0.5) is 4.39 Å². The lowest BCUT2D eigenvalue weighted by atomic mass is 10.2. The standard InChI is InChI=1S/C17H16FNO2S/c1-3-12-19(13-15-6-8-16(18)9-7-15)22(20,21)17-10-4-14(2)5-11-17/h4-12H,1,13H2,2H3. The van der Waals surface area contributed by atoms with Gasteiger partial charge in [-0.15, -0.1) is 5.73 Å². The van der Waals surface area contributed by atoms with Crippen LogP contribution in [-0.2, 0) is 16.6 Å². The lowest BCUT2D eigenvalue weighted by Crippen LogP contribution is -2.25. The van der Waals surface area contributed by atoms with Gasteiger partial charge < -0.3 is 0 Å². The second-order valence-electron chi connectivity index (χ2n) is 4.82. The third-order valence-electron chi connectivity index (χ3n) is 3.11. The number of benzene rings is 2. The number of hydrogen-bond donors (Lipinski definition) is 0. The molecule has 0 N–H and O–H groups in total. The third-order valence-corrected chi connectivity index (χ3v) is 4.83. The summed E-state index contributed by atoms with van der Waals surface area (Å²) in [5.74, 6) is -0.365. The number of sulfonamides is 1. The molecular formula is C17H16FNO2S. The second kappa shape index (κ2) is 6.60. The Hall–Kier alpha value is -2.36. The SMILES string of the molecule is C=C=CN(Cc1ccc(F)cc1)S(=O)(=O)c1ccc(C)cc1. The van der Waals surface area contributed by atoms with E-state index in [4.69, 9.17) is 0 Å². The zero-order valence-corrected chi connectivity index (χ0v) is 13.0. The minimum atomic E-state index is -3.71. The summed E-state index contributed by atoms with van der Waals surface area (Å²) in [5.41, 5.74) is 4.13. The van der Waals surface area contributed by atoms with E-state index in [0.29, 0.717) is 5.56 Å². The maximum absolute atomic E-state index is 12.9. The number of aryl methyl sites for hydroxylation is 1. The van der Waals surface area contributed by atoms with Crippen molar-refractivity contribution in [3.05, 3.63) is 84.0 Å². The van der Waals surface area contributed by atoms with Crippen LogP contribution in [0.15, 0.2) is 71.9 Å². The average Bonchev–Trinajstić information content (AvgIpc) is 2.49. The Balaban J connectivity index is 2.36. The third kappa shape index (κ3) is 3.64. The summed E-state index contributed by atoms with van der Waals surface area (Å²) in [5, 5.41) is 0. The minimum Gasteiger partial charge on any atom is -0.261 e. The fourth-order valence-electron chi connectivity index (χ4n) is 1.92. The highest BCUT2D eigenvalue weighted by Gasteiger charge is 2.21. The molecule has 3 nitrogen and oxygen atoms in total. The molecule has 0 saturated heterocycles. The molecule has 114 valence electrons. The van der Waals surface area contributed by atoms with E-state index in [9.17, 15) is 12.8 Å². The summed E-state index contributed by atoms with van der Waals surface area (Å²) in [6, 6.07) is 12.3. The highest BCUT2D eigenvalue weighted by atomic mass is 32.2. The predicted molar refractivity (Wildman–Crippen MR) is 84.0 cm³/mol. The highest BCUT2D eigenvalue weighted by molar-refractivity contribution is 7.89. The number of rotatable bonds is 5. The van der Waals surface area contributed by atoms with E-state index in [1.165, 1.54) is 18.3 Å². The van der Waals surface area contributed by atoms with Crippen molar-refractivity contribution in [2.75, 3.05) is 0 Å². The molecule has 0 aliphatic rings. The van der Waals surface area contributed by atoms with Crippen LogP contribution in [0.1, 0.15) is 11.1 Å². The first-order valence-corrected chi connectivity index (χ1v) is 8.06. The van der Waals surface area contributed by atoms with Gasteiger partial charge in [-0.3, -0.25) is 4.31 Å². The van der Waals surface area contributed by atoms with Crippen LogP contribution in [0, 0.1) is 12.7 Å². The molecular weight excluding hydrogens is 301 g/mol. The van der Waals surface area contributed by atoms with Crippen LogP contribution in [0.25, 0.3) is 0 Å². The molecule has 5 heteroatoms. The van der Waals surface area contributed by atoms with E-state index in [2.05, 4.69) is 12.3 Å². The molecule has 0 spiro atoms. The van der Waals surface area contributed by atoms with Crippen molar-refractivity contribution < 1.29 is 12.8 Å². The summed E-state index contributed by atoms with van der Waals surface area (Å²) >= 11 is 0. The Bertz CT molecular complexity index is 790. The van der Waals surface area contributed by atoms with Gasteiger partial charge in [0.25, 0.3) is 10.0 Å². The molecule has 0 amide bonds. The fraction of sp³-hybridized carbons (Fsp3) is 0.118. The summed E-state index contributed by atoms with van der Waals surface area (Å²) in [4.78, 5) is 0.187. The first-order chi connectivity index (χ1) is 10.4. The van der Waals surface area contributed by atoms with E-state index >= 15 is 0 Å². The van der Waals surface area contributed by atoms with Gasteiger partial charge in [0.05, 0.1) is 17.6 Å². The van der Waals surface area contributed by atoms with Gasteiger partial charge in [0.1, 0.15) is 5.82 Å². The monoisotopic (exact) mass is 317 g/mol. The van der Waals surface area contributed by atoms with Crippen molar-refractivity contribution in [1.82, 2.24) is 4.31 Å². The molecule has 0 atom stereocenters. The average molecular weight is 317 g/mol. The molecule has 0 radical (unpaired) electrons. The van der Waals surface area contributed by atoms with Crippen molar-refractivity contribution in [2.24, 2.45) is 0 Å². The van der Waals surface area contributed by atoms with Crippen LogP contribution < -0.4 is 0 Å². The smallest absolute Gasteiger partial charge is 0.261 e. The summed E-state index contributed by atoms with van der Waals surface area (Å²) < 4.78 is 39.4. The molecule has 0 aliphatic carbocycles. The molecule has 22 heavy (non-hydrogen) atoms. The zero-order valence-electron chi connectivity index (χ0n) is 12.2. The number of nitrogens with zero attached hydrogens (tertiary/aromatic N) is 1. The van der Waals surface area contributed by atoms with Crippen LogP contribution in [-0.4, -0.2) is 12.7 Å². The van der Waals surface area contributed by atoms with Crippen LogP contribution in [0.5, 0.6) is 0 Å². The van der Waals surface area contributed by atoms with Crippen LogP contribution in [0.2, 0.25) is 0 Å². The summed E-state index contributed by atoms with van der Waals surface area (Å²) in [7, 11) is -3.71. The van der Waals surface area contributed by atoms with Gasteiger partial charge in [-0.25, -0.2) is 12.8 Å². The Morgan fingerprint density at radius 1 is 1.14 bits per heavy atom. The molecule has 0 unspecified atom stereocenters. The molecule has 0 aliphatic heterocycles. The topological polar surface area (TPSA) is 37.4 Å². The van der Waals surface area contributed by atoms with Gasteiger partial charge in [-0.05, 0) is 36.8 Å². The Labute approximate surface area is 130 Å². The second-order valence-corrected chi connectivity index (χ2v) is 6.71. The highest BCUT2D eigenvalue weighted by Crippen LogP contribution is 2.19. The van der Waals surface area contributed by atoms with E-state index in [0.717, 1.165) is 9.87 Å². The Morgan fingerprint density at radius 2 is 1.73 bits per heavy atom. The first-order valence-electron chi connectivity index (χ1n) is 6.62. The molecule has 0 fully saturated rings. The number of halogens is 1. The van der Waals surface area contributed by atoms with E-state index in [1.807, 2.05) is 6.92 Å². The lowest BCUT2D eigenvalue weighted by molar-refractivity contribution is 0.495. The molecule has 0 saturated carbocycles. The van der Waals surface area contributed by atoms with Gasteiger partial charge in [0.15, 0.2) is 0 Å². The number of hydrogen-bond acceptors (Lipinski definition) is 2. The van der Waals surface area contributed by atoms with Crippen molar-refractivity contribution in [3.8, 4) is 0 Å². The van der Waals surface area contributed by atoms with E-state index in [-0.39, 0.29) is 17.3 Å². The van der Waals surface area contributed by atoms with Gasteiger partial charge in [-0.2, -0.15) is 0 Å². The molecule has 2 aromatic carbocycles. The largest absolute Gasteiger partial charge is 0.264 e. The minimum absolute atomic E-state index is 0.0824. The van der Waals surface area contributed by atoms with Crippen molar-refractivity contribution >= 4 is 10.0 Å². The summed E-state index contributed by atoms with van der Waals surface area (Å²) in [6.45, 7) is 5.40. The predicted octanol–water partition coefficient (Wildman–Crippen LogP) is 3.62. The van der Waals surface area contributed by atoms with E-state index < -0.39 is 10.0 Å². The molecule has 2 rings (SSSR count). The molecule has 0 aromatic heterocycles. The Kier molecular flexibility index (Phi) is 4.81. The lowest BCUT2D eigenvalue weighted by Gasteiger charge is -2.20. The van der Waals surface area contributed by atoms with Crippen molar-refractivity contribution in [2.45, 2.75) is 18.4 Å². The van der Waals surface area contributed by atoms with Crippen LogP contribution >= 0.6 is 0 Å². The van der Waals surface area contributed by atoms with Gasteiger partial charge in [-0.1, -0.05) is 36.4 Å². The van der Waals surface area contributed by atoms with Crippen molar-refractivity contribution in [3.63, 3.8) is 0 Å². The first kappa shape index (κ1) is 16.0. The van der Waals surface area contributed by atoms with Gasteiger partial charge in [0.2, 0.25) is 0 Å². The fourth-order valence-corrected chi connectivity index (χ4v) is 3.20. The van der Waals surface area contributed by atoms with E-state index in [1.54, 1.807) is 36.4 Å². The van der Waals surface area contributed by atoms with Crippen LogP contribution in [0.3, 0.4) is 0 Å². The molecule has 0 bridgehead atoms. The maximum atomic E-state index is 12.9. The van der Waals surface area contributed by atoms with Gasteiger partial charge in [0, 0.05) is 0 Å². The molecule has 0 heterocycles. The van der Waals surface area contributed by atoms with Gasteiger partial charge >= 0.3 is 0 Å². The molecule has 2 aromatic rings.